The molecule has 13 heterocycles. The SMILES string of the molecule is CC(C)(C)CC(=O)Nc1nc2ccc(OCc3ccccc3)nc2n1C1CCC1.CC1(CCC(=O)Nc2nc3ccc(Cl)nc3n2C2CCC2)CC1.Cc1ccc2nc(NC(=O)CC3CC3(C)C)n(C3CCC3)c2n1.Cc1ccc2nc(NC(=O)CC3CC4(C)CCO[C@H]34)n(C3CCC3)c2n1.Cc1ccc2nc(NC(=O)CC3Cc4ccccc43)n(C3CCC3)c2n1.Cc1nc2c(cc1Cl)nc(NC(=O)CC(C)(C)C)n2C1CCC1. The lowest BCUT2D eigenvalue weighted by atomic mass is 9.59. The molecule has 34 heteroatoms. The minimum Gasteiger partial charge on any atom is -0.473 e. The molecule has 32 nitrogen and oxygen atoms in total. The lowest BCUT2D eigenvalue weighted by molar-refractivity contribution is -0.126. The summed E-state index contributed by atoms with van der Waals surface area (Å²) in [5.74, 6) is 5.67. The van der Waals surface area contributed by atoms with E-state index < -0.39 is 0 Å². The second kappa shape index (κ2) is 43.2. The van der Waals surface area contributed by atoms with Crippen LogP contribution < -0.4 is 36.6 Å². The van der Waals surface area contributed by atoms with Crippen molar-refractivity contribution < 1.29 is 38.2 Å². The Kier molecular flexibility index (Phi) is 30.1. The van der Waals surface area contributed by atoms with Crippen molar-refractivity contribution in [1.29, 1.82) is 0 Å². The van der Waals surface area contributed by atoms with Gasteiger partial charge in [0.2, 0.25) is 77.0 Å². The normalized spacial score (nSPS) is 20.3. The number of carbonyl (C=O) groups excluding carboxylic acids is 6. The van der Waals surface area contributed by atoms with Crippen LogP contribution in [0.4, 0.5) is 35.7 Å². The maximum atomic E-state index is 12.7. The summed E-state index contributed by atoms with van der Waals surface area (Å²) in [6, 6.07) is 41.7. The van der Waals surface area contributed by atoms with Gasteiger partial charge in [0.15, 0.2) is 33.9 Å². The molecule has 9 saturated carbocycles. The van der Waals surface area contributed by atoms with E-state index in [0.717, 1.165) is 211 Å². The molecule has 1 saturated heterocycles. The molecule has 14 aromatic rings. The number of amides is 6. The fourth-order valence-corrected chi connectivity index (χ4v) is 22.2. The second-order valence-electron chi connectivity index (χ2n) is 47.7. The predicted molar refractivity (Wildman–Crippen MR) is 588 cm³/mol. The third-order valence-corrected chi connectivity index (χ3v) is 33.1. The number of benzene rings is 2. The van der Waals surface area contributed by atoms with Crippen LogP contribution in [0.5, 0.6) is 5.88 Å². The van der Waals surface area contributed by atoms with Crippen molar-refractivity contribution in [3.8, 4) is 5.88 Å². The molecule has 10 fully saturated rings. The van der Waals surface area contributed by atoms with Gasteiger partial charge >= 0.3 is 0 Å². The van der Waals surface area contributed by atoms with Crippen LogP contribution in [0, 0.1) is 66.6 Å². The smallest absolute Gasteiger partial charge is 0.227 e. The van der Waals surface area contributed by atoms with Crippen LogP contribution in [0.1, 0.15) is 343 Å². The van der Waals surface area contributed by atoms with Gasteiger partial charge in [0.25, 0.3) is 0 Å². The molecule has 790 valence electrons. The maximum absolute atomic E-state index is 12.7. The summed E-state index contributed by atoms with van der Waals surface area (Å²) in [4.78, 5) is 130. The molecule has 150 heavy (non-hydrogen) atoms. The third-order valence-electron chi connectivity index (χ3n) is 32.5. The molecule has 0 spiro atoms. The molecule has 2 aromatic carbocycles. The highest BCUT2D eigenvalue weighted by Crippen LogP contribution is 2.57. The zero-order chi connectivity index (χ0) is 105. The highest BCUT2D eigenvalue weighted by atomic mass is 35.5. The van der Waals surface area contributed by atoms with Crippen molar-refractivity contribution >= 4 is 161 Å². The van der Waals surface area contributed by atoms with Crippen molar-refractivity contribution in [1.82, 2.24) is 87.2 Å². The van der Waals surface area contributed by atoms with Crippen LogP contribution in [-0.2, 0) is 46.5 Å². The number of ether oxygens (including phenoxy) is 2. The Morgan fingerprint density at radius 1 is 0.407 bits per heavy atom. The summed E-state index contributed by atoms with van der Waals surface area (Å²) >= 11 is 12.2. The average Bonchev–Trinajstić information content (AvgIpc) is 1.57. The Bertz CT molecular complexity index is 7400. The number of imidazole rings is 6. The Morgan fingerprint density at radius 2 is 0.787 bits per heavy atom. The van der Waals surface area contributed by atoms with Crippen LogP contribution in [-0.4, -0.2) is 135 Å². The van der Waals surface area contributed by atoms with Gasteiger partial charge in [-0.2, -0.15) is 4.98 Å². The van der Waals surface area contributed by atoms with Crippen molar-refractivity contribution in [3.05, 3.63) is 171 Å². The van der Waals surface area contributed by atoms with Crippen molar-refractivity contribution in [2.24, 2.45) is 38.9 Å². The number of halogens is 2. The molecule has 0 radical (unpaired) electrons. The lowest BCUT2D eigenvalue weighted by Crippen LogP contribution is -2.48. The minimum atomic E-state index is -0.0753. The first-order valence-corrected chi connectivity index (χ1v) is 55.3. The number of fused-ring (bicyclic) bond motifs is 8. The second-order valence-corrected chi connectivity index (χ2v) is 48.5. The van der Waals surface area contributed by atoms with Gasteiger partial charge in [0, 0.05) is 105 Å². The average molecular weight is 2070 g/mol. The van der Waals surface area contributed by atoms with E-state index in [4.69, 9.17) is 37.7 Å². The molecular weight excluding hydrogens is 1930 g/mol. The van der Waals surface area contributed by atoms with Gasteiger partial charge in [0.05, 0.1) is 16.8 Å². The van der Waals surface area contributed by atoms with Crippen LogP contribution in [0.3, 0.4) is 0 Å². The molecular formula is C116H144Cl2N24O8. The molecule has 4 unspecified atom stereocenters. The first kappa shape index (κ1) is 104. The first-order chi connectivity index (χ1) is 71.8. The van der Waals surface area contributed by atoms with E-state index in [-0.39, 0.29) is 52.4 Å². The third kappa shape index (κ3) is 23.8. The van der Waals surface area contributed by atoms with E-state index in [1.807, 2.05) is 146 Å². The van der Waals surface area contributed by atoms with Crippen LogP contribution in [0.15, 0.2) is 121 Å². The number of anilines is 6. The predicted octanol–water partition coefficient (Wildman–Crippen LogP) is 25.5. The highest BCUT2D eigenvalue weighted by Gasteiger charge is 2.55. The zero-order valence-electron chi connectivity index (χ0n) is 89.2. The monoisotopic (exact) mass is 2070 g/mol. The van der Waals surface area contributed by atoms with Gasteiger partial charge in [-0.15, -0.1) is 0 Å². The quantitative estimate of drug-likeness (QED) is 0.0274. The molecule has 1 aliphatic heterocycles. The van der Waals surface area contributed by atoms with E-state index in [2.05, 4.69) is 181 Å². The molecule has 11 aliphatic rings. The Hall–Kier alpha value is -12.7. The maximum Gasteiger partial charge on any atom is 0.227 e. The summed E-state index contributed by atoms with van der Waals surface area (Å²) in [6.07, 6.45) is 31.7. The van der Waals surface area contributed by atoms with Gasteiger partial charge in [-0.3, -0.25) is 88.1 Å². The number of pyridine rings is 6. The Balaban J connectivity index is 0.000000109. The van der Waals surface area contributed by atoms with Gasteiger partial charge in [-0.25, -0.2) is 54.8 Å². The molecule has 6 N–H and O–H groups in total. The van der Waals surface area contributed by atoms with Gasteiger partial charge in [-0.05, 0) is 310 Å². The zero-order valence-corrected chi connectivity index (χ0v) is 90.7. The van der Waals surface area contributed by atoms with Crippen LogP contribution >= 0.6 is 23.2 Å². The summed E-state index contributed by atoms with van der Waals surface area (Å²) in [6.45, 7) is 30.4. The first-order valence-electron chi connectivity index (χ1n) is 54.5. The lowest BCUT2D eigenvalue weighted by Gasteiger charge is -2.47. The number of hydrogen-bond acceptors (Lipinski definition) is 20. The van der Waals surface area contributed by atoms with Gasteiger partial charge in [-0.1, -0.05) is 147 Å². The number of nitrogens with one attached hydrogen (secondary N) is 6. The largest absolute Gasteiger partial charge is 0.473 e. The molecule has 6 amide bonds. The van der Waals surface area contributed by atoms with E-state index in [0.29, 0.717) is 167 Å². The van der Waals surface area contributed by atoms with E-state index in [9.17, 15) is 28.8 Å². The fourth-order valence-electron chi connectivity index (χ4n) is 21.9. The Labute approximate surface area is 886 Å². The Morgan fingerprint density at radius 3 is 1.20 bits per heavy atom. The van der Waals surface area contributed by atoms with Crippen LogP contribution in [0.25, 0.3) is 67.0 Å². The van der Waals surface area contributed by atoms with Gasteiger partial charge in [0.1, 0.15) is 44.9 Å². The molecule has 12 aromatic heterocycles. The minimum absolute atomic E-state index is 0.0174. The molecule has 10 aliphatic carbocycles. The van der Waals surface area contributed by atoms with Gasteiger partial charge < -0.3 is 9.47 Å². The molecule has 5 atom stereocenters. The fraction of sp³-hybridized carbons (Fsp3) is 0.534. The summed E-state index contributed by atoms with van der Waals surface area (Å²) in [5.41, 5.74) is 18.3. The van der Waals surface area contributed by atoms with Crippen molar-refractivity contribution in [2.45, 2.75) is 351 Å². The topological polar surface area (TPSA) is 377 Å². The summed E-state index contributed by atoms with van der Waals surface area (Å²) in [5, 5.41) is 19.2. The highest BCUT2D eigenvalue weighted by molar-refractivity contribution is 6.31. The van der Waals surface area contributed by atoms with E-state index in [1.54, 1.807) is 6.07 Å². The number of hydrogen-bond donors (Lipinski definition) is 6. The van der Waals surface area contributed by atoms with E-state index >= 15 is 0 Å². The molecule has 25 rings (SSSR count). The van der Waals surface area contributed by atoms with Crippen molar-refractivity contribution in [2.75, 3.05) is 38.5 Å². The standard InChI is InChI=1S/C23H28N4O2.C21H22N4O.C20H26N4O2.C18H24N4O.C17H21ClN4O.C17H23ClN4O/c1-23(2,3)14-19(28)25-22-24-18-12-13-20(29-15-16-8-5-4-6-9-16)26-21(18)27(22)17-10-7-11-17;1-13-9-10-18-20(22-13)25(16-6-4-7-16)21(23-18)24-19(26)12-15-11-14-5-2-3-8-17(14)15;1-12-6-7-15-18(21-12)24(14-4-3-5-14)19(22-15)23-16(25)10-13-11-20(2)8-9-26-17(13)20;1-11-7-8-14-16(19-11)22(13-5-4-6-13)17(20-14)21-15(23)9-12-10-18(12,2)3;1-17(9-10-17)8-7-14(23)21-16-19-12-5-6-13(18)20-15(12)22(16)11-3-2-4-11;1-10-12(18)8-13-15(19-10)22(11-6-5-7-11)16(20-13)21-14(23)9-17(2,3)4/h4-6,8-9,12-13,17H,7,10-11,14-15H2,1-3H3,(H,24,25,28);2-3,5,8-10,15-16H,4,6-7,11-12H2,1H3,(H,23,24,26);6-7,13-14,17H,3-5,8-11H2,1-2H3,(H,22,23,25);7-8,12-13H,4-6,9-10H2,1-3H3,(H,20,21,23);5-6,11H,2-4,7-10H2,1H3,(H,19,21,23);8,11H,5-7,9H2,1-4H3,(H,20,21,23)/t;;13?,17-,20?;;;/m..1.../s1. The van der Waals surface area contributed by atoms with Crippen LogP contribution in [0.2, 0.25) is 10.2 Å². The van der Waals surface area contributed by atoms with E-state index in [1.165, 1.54) is 62.5 Å². The number of carbonyl (C=O) groups is 6. The molecule has 0 bridgehead atoms. The number of nitrogens with zero attached hydrogens (tertiary/aromatic N) is 18. The number of aromatic nitrogens is 18. The number of aryl methyl sites for hydroxylation is 4. The summed E-state index contributed by atoms with van der Waals surface area (Å²) in [7, 11) is 0. The summed E-state index contributed by atoms with van der Waals surface area (Å²) < 4.78 is 24.4. The van der Waals surface area contributed by atoms with Crippen molar-refractivity contribution in [3.63, 3.8) is 0 Å². The number of rotatable bonds is 26.